The van der Waals surface area contributed by atoms with Crippen molar-refractivity contribution in [3.63, 3.8) is 0 Å². The molecule has 0 atom stereocenters. The van der Waals surface area contributed by atoms with E-state index >= 15 is 0 Å². The summed E-state index contributed by atoms with van der Waals surface area (Å²) in [5.41, 5.74) is 0.0255. The van der Waals surface area contributed by atoms with Gasteiger partial charge < -0.3 is 0 Å². The first-order valence-corrected chi connectivity index (χ1v) is 3.95. The predicted octanol–water partition coefficient (Wildman–Crippen LogP) is 3.47. The van der Waals surface area contributed by atoms with E-state index in [-0.39, 0.29) is 15.6 Å². The Kier molecular flexibility index (Phi) is 11.8. The van der Waals surface area contributed by atoms with Crippen LogP contribution in [0, 0.1) is 10.1 Å². The molecular weight excluding hydrogens is 327 g/mol. The van der Waals surface area contributed by atoms with Crippen molar-refractivity contribution in [1.29, 1.82) is 0 Å². The monoisotopic (exact) mass is 329 g/mol. The highest BCUT2D eigenvalue weighted by Crippen LogP contribution is 2.04. The van der Waals surface area contributed by atoms with Crippen LogP contribution in [0.5, 0.6) is 0 Å². The quantitative estimate of drug-likeness (QED) is 0.449. The standard InChI is InChI=1S/C5H4N2O2.Br2O.P/c8-7(9)5-2-1-3-6-4-5;1-3-2;/h1-4H;;. The minimum atomic E-state index is -0.479. The third-order valence-electron chi connectivity index (χ3n) is 0.857. The molecule has 71 valence electrons. The van der Waals surface area contributed by atoms with Gasteiger partial charge in [-0.2, -0.15) is 0 Å². The van der Waals surface area contributed by atoms with E-state index in [1.54, 1.807) is 0 Å². The van der Waals surface area contributed by atoms with Crippen molar-refractivity contribution in [2.75, 3.05) is 0 Å². The molecule has 0 aliphatic rings. The van der Waals surface area contributed by atoms with Crippen LogP contribution in [-0.2, 0) is 2.92 Å². The normalized spacial score (nSPS) is 7.54. The Bertz CT molecular complexity index is 236. The van der Waals surface area contributed by atoms with Crippen molar-refractivity contribution in [2.24, 2.45) is 0 Å². The van der Waals surface area contributed by atoms with E-state index in [0.717, 1.165) is 0 Å². The summed E-state index contributed by atoms with van der Waals surface area (Å²) in [4.78, 5) is 13.1. The number of nitro groups is 1. The summed E-state index contributed by atoms with van der Waals surface area (Å²) >= 11 is 5.12. The molecule has 0 aliphatic carbocycles. The maximum Gasteiger partial charge on any atom is 0.287 e. The Labute approximate surface area is 95.6 Å². The zero-order valence-electron chi connectivity index (χ0n) is 6.13. The van der Waals surface area contributed by atoms with Crippen LogP contribution in [-0.4, -0.2) is 9.91 Å². The zero-order valence-corrected chi connectivity index (χ0v) is 10.2. The zero-order chi connectivity index (χ0) is 9.40. The summed E-state index contributed by atoms with van der Waals surface area (Å²) in [6, 6.07) is 2.92. The first-order chi connectivity index (χ1) is 5.72. The number of hydrogen-bond donors (Lipinski definition) is 0. The molecule has 0 fully saturated rings. The fraction of sp³-hybridized carbons (Fsp3) is 0. The molecule has 5 nitrogen and oxygen atoms in total. The van der Waals surface area contributed by atoms with Crippen molar-refractivity contribution in [3.8, 4) is 0 Å². The third kappa shape index (κ3) is 8.24. The summed E-state index contributed by atoms with van der Waals surface area (Å²) < 4.78 is 3.88. The molecule has 0 bridgehead atoms. The second-order valence-corrected chi connectivity index (χ2v) is 3.04. The molecule has 13 heavy (non-hydrogen) atoms. The number of nitrogens with zero attached hydrogens (tertiary/aromatic N) is 2. The Balaban J connectivity index is 0. The first-order valence-electron chi connectivity index (χ1n) is 2.66. The maximum atomic E-state index is 9.97. The van der Waals surface area contributed by atoms with Crippen LogP contribution in [0.1, 0.15) is 0 Å². The van der Waals surface area contributed by atoms with E-state index in [4.69, 9.17) is 0 Å². The molecular formula is C5H4Br2N2O3P. The molecule has 1 aromatic heterocycles. The average Bonchev–Trinajstić information content (AvgIpc) is 2.07. The lowest BCUT2D eigenvalue weighted by Crippen LogP contribution is -1.86. The topological polar surface area (TPSA) is 65.3 Å². The van der Waals surface area contributed by atoms with E-state index < -0.39 is 4.92 Å². The highest BCUT2D eigenvalue weighted by Gasteiger charge is 1.99. The summed E-state index contributed by atoms with van der Waals surface area (Å²) in [6.45, 7) is 0. The molecule has 3 radical (unpaired) electrons. The fourth-order valence-corrected chi connectivity index (χ4v) is 0.462. The molecule has 1 rings (SSSR count). The lowest BCUT2D eigenvalue weighted by Gasteiger charge is -1.84. The Hall–Kier alpha value is -0.100. The molecule has 1 aromatic rings. The van der Waals surface area contributed by atoms with Gasteiger partial charge in [0.1, 0.15) is 38.7 Å². The predicted molar refractivity (Wildman–Crippen MR) is 56.8 cm³/mol. The second-order valence-electron chi connectivity index (χ2n) is 1.53. The first kappa shape index (κ1) is 15.4. The van der Waals surface area contributed by atoms with Gasteiger partial charge >= 0.3 is 0 Å². The average molecular weight is 331 g/mol. The minimum Gasteiger partial charge on any atom is -0.258 e. The van der Waals surface area contributed by atoms with Crippen LogP contribution in [0.3, 0.4) is 0 Å². The number of pyridine rings is 1. The van der Waals surface area contributed by atoms with Gasteiger partial charge in [0.05, 0.1) is 4.92 Å². The number of halogens is 2. The van der Waals surface area contributed by atoms with Crippen molar-refractivity contribution in [2.45, 2.75) is 0 Å². The van der Waals surface area contributed by atoms with E-state index in [9.17, 15) is 10.1 Å². The van der Waals surface area contributed by atoms with Gasteiger partial charge in [0.15, 0.2) is 0 Å². The minimum absolute atomic E-state index is 0. The van der Waals surface area contributed by atoms with Crippen LogP contribution in [0.25, 0.3) is 0 Å². The van der Waals surface area contributed by atoms with Gasteiger partial charge in [-0.05, 0) is 6.07 Å². The van der Waals surface area contributed by atoms with Gasteiger partial charge in [-0.15, -0.1) is 0 Å². The molecule has 0 spiro atoms. The molecule has 0 unspecified atom stereocenters. The van der Waals surface area contributed by atoms with Gasteiger partial charge in [0.2, 0.25) is 0 Å². The van der Waals surface area contributed by atoms with Crippen LogP contribution in [0.15, 0.2) is 24.5 Å². The van der Waals surface area contributed by atoms with Crippen molar-refractivity contribution in [1.82, 2.24) is 4.98 Å². The lowest BCUT2D eigenvalue weighted by atomic mass is 10.4. The molecule has 8 heteroatoms. The molecule has 0 saturated heterocycles. The molecule has 0 amide bonds. The van der Waals surface area contributed by atoms with E-state index in [0.29, 0.717) is 0 Å². The molecule has 0 saturated carbocycles. The van der Waals surface area contributed by atoms with Gasteiger partial charge in [-0.1, -0.05) is 0 Å². The largest absolute Gasteiger partial charge is 0.287 e. The van der Waals surface area contributed by atoms with Gasteiger partial charge in [-0.3, -0.25) is 15.1 Å². The van der Waals surface area contributed by atoms with Crippen LogP contribution >= 0.6 is 42.4 Å². The highest BCUT2D eigenvalue weighted by atomic mass is 79.9. The van der Waals surface area contributed by atoms with Gasteiger partial charge in [-0.25, -0.2) is 2.92 Å². The Morgan fingerprint density at radius 1 is 1.54 bits per heavy atom. The molecule has 0 aromatic carbocycles. The third-order valence-corrected chi connectivity index (χ3v) is 0.857. The Morgan fingerprint density at radius 3 is 2.31 bits per heavy atom. The number of aromatic nitrogens is 1. The summed E-state index contributed by atoms with van der Waals surface area (Å²) in [7, 11) is 0. The second kappa shape index (κ2) is 9.98. The van der Waals surface area contributed by atoms with Gasteiger partial charge in [0.25, 0.3) is 5.69 Å². The highest BCUT2D eigenvalue weighted by molar-refractivity contribution is 9.18. The summed E-state index contributed by atoms with van der Waals surface area (Å²) in [6.07, 6.45) is 2.70. The Morgan fingerprint density at radius 2 is 2.08 bits per heavy atom. The number of rotatable bonds is 1. The number of hydrogen-bond acceptors (Lipinski definition) is 4. The van der Waals surface area contributed by atoms with Crippen molar-refractivity contribution in [3.05, 3.63) is 34.6 Å². The molecule has 0 N–H and O–H groups in total. The van der Waals surface area contributed by atoms with E-state index in [1.165, 1.54) is 24.5 Å². The van der Waals surface area contributed by atoms with Crippen LogP contribution in [0.2, 0.25) is 0 Å². The van der Waals surface area contributed by atoms with E-state index in [2.05, 4.69) is 40.4 Å². The summed E-state index contributed by atoms with van der Waals surface area (Å²) in [5, 5.41) is 9.97. The van der Waals surface area contributed by atoms with Gasteiger partial charge in [0, 0.05) is 22.2 Å². The lowest BCUT2D eigenvalue weighted by molar-refractivity contribution is -0.385. The van der Waals surface area contributed by atoms with Crippen molar-refractivity contribution < 1.29 is 7.84 Å². The smallest absolute Gasteiger partial charge is 0.258 e. The molecule has 1 heterocycles. The maximum absolute atomic E-state index is 9.97. The molecule has 0 aliphatic heterocycles. The van der Waals surface area contributed by atoms with Crippen LogP contribution in [0.4, 0.5) is 5.69 Å². The SMILES string of the molecule is BrOBr.O=[N+]([O-])c1cccnc1.[P]. The van der Waals surface area contributed by atoms with E-state index in [1.807, 2.05) is 0 Å². The van der Waals surface area contributed by atoms with Crippen LogP contribution < -0.4 is 0 Å². The summed E-state index contributed by atoms with van der Waals surface area (Å²) in [5.74, 6) is 0. The van der Waals surface area contributed by atoms with Crippen molar-refractivity contribution >= 4 is 48.1 Å². The fourth-order valence-electron chi connectivity index (χ4n) is 0.462.